The first-order valence-corrected chi connectivity index (χ1v) is 10.8. The number of nitrogens with zero attached hydrogens (tertiary/aromatic N) is 1. The van der Waals surface area contributed by atoms with Crippen molar-refractivity contribution in [3.63, 3.8) is 0 Å². The largest absolute Gasteiger partial charge is 0.481 e. The van der Waals surface area contributed by atoms with Crippen LogP contribution in [0, 0.1) is 0 Å². The summed E-state index contributed by atoms with van der Waals surface area (Å²) in [6.07, 6.45) is 4.19. The molecule has 1 heterocycles. The Balaban J connectivity index is 1.53. The van der Waals surface area contributed by atoms with Gasteiger partial charge in [-0.2, -0.15) is 0 Å². The van der Waals surface area contributed by atoms with Crippen molar-refractivity contribution in [3.8, 4) is 0 Å². The van der Waals surface area contributed by atoms with Gasteiger partial charge in [0.2, 0.25) is 0 Å². The lowest BCUT2D eigenvalue weighted by Gasteiger charge is -2.22. The Hall–Kier alpha value is -3.43. The Morgan fingerprint density at radius 3 is 2.18 bits per heavy atom. The number of carbonyl (C=O) groups is 2. The predicted molar refractivity (Wildman–Crippen MR) is 125 cm³/mol. The van der Waals surface area contributed by atoms with Gasteiger partial charge in [0, 0.05) is 24.0 Å². The third-order valence-electron chi connectivity index (χ3n) is 5.20. The van der Waals surface area contributed by atoms with E-state index in [-0.39, 0.29) is 45.1 Å². The Morgan fingerprint density at radius 2 is 1.61 bits per heavy atom. The van der Waals surface area contributed by atoms with Gasteiger partial charge < -0.3 is 21.1 Å². The number of rotatable bonds is 9. The molecule has 0 aliphatic heterocycles. The number of nitrogens with one attached hydrogen (secondary N) is 3. The molecule has 1 fully saturated rings. The summed E-state index contributed by atoms with van der Waals surface area (Å²) in [5, 5.41) is 18.2. The van der Waals surface area contributed by atoms with Gasteiger partial charge in [-0.1, -0.05) is 35.3 Å². The molecule has 1 atom stereocenters. The minimum Gasteiger partial charge on any atom is -0.481 e. The molecule has 1 amide bonds. The summed E-state index contributed by atoms with van der Waals surface area (Å²) in [5.74, 6) is -1.57. The van der Waals surface area contributed by atoms with Gasteiger partial charge in [0.25, 0.3) is 16.8 Å². The second-order valence-electron chi connectivity index (χ2n) is 7.68. The number of carbonyl (C=O) groups excluding carboxylic acids is 1. The maximum Gasteiger partial charge on any atom is 0.305 e. The smallest absolute Gasteiger partial charge is 0.305 e. The van der Waals surface area contributed by atoms with Crippen LogP contribution in [0.3, 0.4) is 0 Å². The molecule has 4 N–H and O–H groups in total. The van der Waals surface area contributed by atoms with Crippen molar-refractivity contribution in [2.24, 2.45) is 0 Å². The molecule has 4 rings (SSSR count). The highest BCUT2D eigenvalue weighted by Gasteiger charge is 2.30. The first-order chi connectivity index (χ1) is 15.7. The van der Waals surface area contributed by atoms with E-state index in [1.54, 1.807) is 12.1 Å². The quantitative estimate of drug-likeness (QED) is 0.336. The second kappa shape index (κ2) is 9.21. The first-order valence-electron chi connectivity index (χ1n) is 10.0. The molecular weight excluding hydrogens is 471 g/mol. The van der Waals surface area contributed by atoms with Crippen LogP contribution in [-0.2, 0) is 4.79 Å². The maximum atomic E-state index is 12.6. The van der Waals surface area contributed by atoms with E-state index < -0.39 is 28.8 Å². The molecule has 0 radical (unpaired) electrons. The van der Waals surface area contributed by atoms with Crippen molar-refractivity contribution in [2.75, 3.05) is 16.0 Å². The molecule has 11 heteroatoms. The van der Waals surface area contributed by atoms with Crippen molar-refractivity contribution in [1.29, 1.82) is 0 Å². The molecule has 0 bridgehead atoms. The van der Waals surface area contributed by atoms with Crippen LogP contribution in [0.2, 0.25) is 10.0 Å². The lowest BCUT2D eigenvalue weighted by Crippen LogP contribution is -2.38. The van der Waals surface area contributed by atoms with Gasteiger partial charge in [0.1, 0.15) is 11.4 Å². The average Bonchev–Trinajstić information content (AvgIpc) is 3.61. The summed E-state index contributed by atoms with van der Waals surface area (Å²) in [4.78, 5) is 51.8. The van der Waals surface area contributed by atoms with Gasteiger partial charge in [0.05, 0.1) is 28.2 Å². The molecule has 0 spiro atoms. The number of carboxylic acids is 1. The summed E-state index contributed by atoms with van der Waals surface area (Å²) in [6.45, 7) is 0. The lowest BCUT2D eigenvalue weighted by atomic mass is 10.0. The number of aromatic nitrogens is 1. The van der Waals surface area contributed by atoms with Crippen LogP contribution in [0.4, 0.5) is 17.1 Å². The zero-order valence-corrected chi connectivity index (χ0v) is 18.5. The van der Waals surface area contributed by atoms with Crippen LogP contribution in [-0.4, -0.2) is 28.0 Å². The molecule has 1 unspecified atom stereocenters. The van der Waals surface area contributed by atoms with Crippen LogP contribution in [0.5, 0.6) is 0 Å². The molecule has 2 aromatic carbocycles. The van der Waals surface area contributed by atoms with Crippen LogP contribution in [0.15, 0.2) is 46.2 Å². The second-order valence-corrected chi connectivity index (χ2v) is 8.49. The van der Waals surface area contributed by atoms with E-state index in [0.717, 1.165) is 12.8 Å². The fraction of sp³-hybridized carbons (Fsp3) is 0.227. The van der Waals surface area contributed by atoms with Gasteiger partial charge >= 0.3 is 5.97 Å². The highest BCUT2D eigenvalue weighted by molar-refractivity contribution is 6.39. The van der Waals surface area contributed by atoms with Gasteiger partial charge in [-0.15, -0.1) is 0 Å². The van der Waals surface area contributed by atoms with Gasteiger partial charge in [-0.3, -0.25) is 24.2 Å². The number of hydrogen-bond donors (Lipinski definition) is 4. The topological polar surface area (TPSA) is 137 Å². The first kappa shape index (κ1) is 22.8. The zero-order chi connectivity index (χ0) is 23.7. The molecular formula is C22H18Cl2N4O5. The highest BCUT2D eigenvalue weighted by atomic mass is 35.5. The van der Waals surface area contributed by atoms with Crippen LogP contribution in [0.1, 0.15) is 41.2 Å². The van der Waals surface area contributed by atoms with Gasteiger partial charge in [-0.05, 0) is 30.5 Å². The molecule has 1 aliphatic carbocycles. The van der Waals surface area contributed by atoms with E-state index in [2.05, 4.69) is 20.9 Å². The number of carboxylic acid groups (broad SMARTS) is 1. The van der Waals surface area contributed by atoms with Crippen LogP contribution >= 0.6 is 23.2 Å². The monoisotopic (exact) mass is 488 g/mol. The van der Waals surface area contributed by atoms with Crippen molar-refractivity contribution in [2.45, 2.75) is 31.3 Å². The molecule has 9 nitrogen and oxygen atoms in total. The molecule has 1 saturated carbocycles. The number of benzene rings is 1. The van der Waals surface area contributed by atoms with Crippen molar-refractivity contribution in [3.05, 3.63) is 78.3 Å². The zero-order valence-electron chi connectivity index (χ0n) is 17.0. The summed E-state index contributed by atoms with van der Waals surface area (Å²) in [6, 6.07) is 5.54. The minimum atomic E-state index is -1.09. The fourth-order valence-electron chi connectivity index (χ4n) is 3.28. The Bertz CT molecular complexity index is 1280. The molecule has 3 aromatic rings. The Morgan fingerprint density at radius 1 is 1.00 bits per heavy atom. The van der Waals surface area contributed by atoms with Crippen molar-refractivity contribution in [1.82, 2.24) is 4.98 Å². The number of anilines is 3. The van der Waals surface area contributed by atoms with E-state index in [9.17, 15) is 24.3 Å². The van der Waals surface area contributed by atoms with Crippen LogP contribution in [0.25, 0.3) is 0 Å². The number of hydrogen-bond acceptors (Lipinski definition) is 7. The summed E-state index contributed by atoms with van der Waals surface area (Å²) in [7, 11) is 0. The summed E-state index contributed by atoms with van der Waals surface area (Å²) < 4.78 is 0. The highest BCUT2D eigenvalue weighted by Crippen LogP contribution is 2.31. The van der Waals surface area contributed by atoms with Gasteiger partial charge in [0.15, 0.2) is 0 Å². The molecule has 1 aromatic heterocycles. The standard InChI is InChI=1S/C22H18Cl2N4O5/c23-13-8-25-9-14(24)17(13)28-22(33)11-3-1-10(2-4-11)15(7-16(29)30)27-19-18(20(31)21(19)32)26-12-5-6-12/h1-4,8-9,12,15,26-27H,5-7H2,(H,29,30)(H,25,28,33). The average molecular weight is 489 g/mol. The Kier molecular flexibility index (Phi) is 6.35. The van der Waals surface area contributed by atoms with E-state index in [1.165, 1.54) is 24.5 Å². The van der Waals surface area contributed by atoms with Crippen LogP contribution < -0.4 is 26.8 Å². The number of aliphatic carboxylic acids is 1. The predicted octanol–water partition coefficient (Wildman–Crippen LogP) is 3.44. The third kappa shape index (κ3) is 4.99. The molecule has 170 valence electrons. The molecule has 0 saturated heterocycles. The Labute approximate surface area is 197 Å². The van der Waals surface area contributed by atoms with E-state index >= 15 is 0 Å². The third-order valence-corrected chi connectivity index (χ3v) is 5.77. The summed E-state index contributed by atoms with van der Waals surface area (Å²) in [5.41, 5.74) is 0.0152. The van der Waals surface area contributed by atoms with Crippen molar-refractivity contribution >= 4 is 52.1 Å². The van der Waals surface area contributed by atoms with E-state index in [0.29, 0.717) is 5.56 Å². The molecule has 33 heavy (non-hydrogen) atoms. The summed E-state index contributed by atoms with van der Waals surface area (Å²) >= 11 is 12.1. The number of halogens is 2. The lowest BCUT2D eigenvalue weighted by molar-refractivity contribution is -0.137. The van der Waals surface area contributed by atoms with Crippen molar-refractivity contribution < 1.29 is 14.7 Å². The minimum absolute atomic E-state index is 0.0851. The fourth-order valence-corrected chi connectivity index (χ4v) is 3.74. The number of pyridine rings is 1. The van der Waals surface area contributed by atoms with Gasteiger partial charge in [-0.25, -0.2) is 0 Å². The maximum absolute atomic E-state index is 12.6. The van der Waals surface area contributed by atoms with E-state index in [4.69, 9.17) is 23.2 Å². The molecule has 1 aliphatic rings. The van der Waals surface area contributed by atoms with E-state index in [1.807, 2.05) is 0 Å². The SMILES string of the molecule is O=C(O)CC(Nc1c(NC2CC2)c(=O)c1=O)c1ccc(C(=O)Nc2c(Cl)cncc2Cl)cc1. The number of amides is 1. The normalized spacial score (nSPS) is 14.0.